The van der Waals surface area contributed by atoms with E-state index in [-0.39, 0.29) is 17.6 Å². The quantitative estimate of drug-likeness (QED) is 0.611. The molecule has 16 heavy (non-hydrogen) atoms. The second-order valence-corrected chi connectivity index (χ2v) is 5.30. The Labute approximate surface area is 105 Å². The minimum atomic E-state index is 0.102. The summed E-state index contributed by atoms with van der Waals surface area (Å²) in [6, 6.07) is 0. The smallest absolute Gasteiger partial charge is 0.0997 e. The Bertz CT molecular complexity index is 187. The van der Waals surface area contributed by atoms with Crippen LogP contribution in [0.2, 0.25) is 0 Å². The minimum Gasteiger partial charge on any atom is -0.377 e. The first-order valence-corrected chi connectivity index (χ1v) is 6.95. The lowest BCUT2D eigenvalue weighted by Crippen LogP contribution is -2.50. The Morgan fingerprint density at radius 3 is 2.62 bits per heavy atom. The lowest BCUT2D eigenvalue weighted by atomic mass is 9.90. The molecule has 1 rings (SSSR count). The van der Waals surface area contributed by atoms with Crippen LogP contribution in [0.5, 0.6) is 0 Å². The van der Waals surface area contributed by atoms with E-state index in [1.54, 1.807) is 7.11 Å². The van der Waals surface area contributed by atoms with Crippen molar-refractivity contribution >= 4 is 11.6 Å². The van der Waals surface area contributed by atoms with Gasteiger partial charge in [-0.15, -0.1) is 11.6 Å². The molecule has 3 heteroatoms. The van der Waals surface area contributed by atoms with Gasteiger partial charge < -0.3 is 9.47 Å². The van der Waals surface area contributed by atoms with Gasteiger partial charge in [0.25, 0.3) is 0 Å². The molecular formula is C13H25ClO2. The lowest BCUT2D eigenvalue weighted by Gasteiger charge is -2.40. The Hall–Kier alpha value is 0.210. The monoisotopic (exact) mass is 248 g/mol. The first kappa shape index (κ1) is 14.3. The average Bonchev–Trinajstić information content (AvgIpc) is 2.28. The fraction of sp³-hybridized carbons (Fsp3) is 1.00. The topological polar surface area (TPSA) is 18.5 Å². The Kier molecular flexibility index (Phi) is 6.71. The van der Waals surface area contributed by atoms with E-state index in [4.69, 9.17) is 21.1 Å². The van der Waals surface area contributed by atoms with Gasteiger partial charge in [0, 0.05) is 13.7 Å². The van der Waals surface area contributed by atoms with Crippen molar-refractivity contribution in [3.8, 4) is 0 Å². The molecule has 0 aromatic heterocycles. The van der Waals surface area contributed by atoms with Crippen molar-refractivity contribution in [3.05, 3.63) is 0 Å². The van der Waals surface area contributed by atoms with E-state index in [0.717, 1.165) is 13.0 Å². The molecule has 1 fully saturated rings. The van der Waals surface area contributed by atoms with E-state index in [0.29, 0.717) is 5.92 Å². The van der Waals surface area contributed by atoms with Gasteiger partial charge in [0.15, 0.2) is 0 Å². The molecule has 0 radical (unpaired) electrons. The van der Waals surface area contributed by atoms with Crippen molar-refractivity contribution in [2.45, 2.75) is 63.5 Å². The first-order valence-electron chi connectivity index (χ1n) is 6.51. The van der Waals surface area contributed by atoms with Crippen molar-refractivity contribution in [2.75, 3.05) is 13.7 Å². The summed E-state index contributed by atoms with van der Waals surface area (Å²) in [5, 5.41) is 0.144. The minimum absolute atomic E-state index is 0.102. The molecular weight excluding hydrogens is 224 g/mol. The van der Waals surface area contributed by atoms with Crippen molar-refractivity contribution in [1.29, 1.82) is 0 Å². The van der Waals surface area contributed by atoms with Gasteiger partial charge in [0.05, 0.1) is 17.6 Å². The third-order valence-corrected chi connectivity index (χ3v) is 3.97. The Balaban J connectivity index is 2.17. The molecule has 4 unspecified atom stereocenters. The van der Waals surface area contributed by atoms with Crippen LogP contribution in [-0.4, -0.2) is 31.3 Å². The summed E-state index contributed by atoms with van der Waals surface area (Å²) < 4.78 is 11.2. The molecule has 0 spiro atoms. The van der Waals surface area contributed by atoms with Gasteiger partial charge in [0.1, 0.15) is 0 Å². The molecule has 0 bridgehead atoms. The molecule has 0 amide bonds. The number of methoxy groups -OCH3 is 1. The summed E-state index contributed by atoms with van der Waals surface area (Å²) in [5.41, 5.74) is 0. The van der Waals surface area contributed by atoms with Gasteiger partial charge in [-0.25, -0.2) is 0 Å². The van der Waals surface area contributed by atoms with Crippen molar-refractivity contribution in [3.63, 3.8) is 0 Å². The van der Waals surface area contributed by atoms with Crippen LogP contribution in [0.3, 0.4) is 0 Å². The number of hydrogen-bond acceptors (Lipinski definition) is 2. The molecule has 4 atom stereocenters. The zero-order valence-corrected chi connectivity index (χ0v) is 11.5. The van der Waals surface area contributed by atoms with Crippen LogP contribution >= 0.6 is 11.6 Å². The van der Waals surface area contributed by atoms with Gasteiger partial charge in [-0.05, 0) is 18.8 Å². The molecule has 0 aromatic rings. The van der Waals surface area contributed by atoms with E-state index < -0.39 is 0 Å². The second-order valence-electron chi connectivity index (χ2n) is 4.74. The van der Waals surface area contributed by atoms with Crippen LogP contribution in [-0.2, 0) is 9.47 Å². The molecule has 96 valence electrons. The highest BCUT2D eigenvalue weighted by Crippen LogP contribution is 2.32. The maximum atomic E-state index is 6.04. The lowest BCUT2D eigenvalue weighted by molar-refractivity contribution is -0.117. The van der Waals surface area contributed by atoms with Crippen LogP contribution in [0, 0.1) is 5.92 Å². The number of rotatable bonds is 8. The fourth-order valence-electron chi connectivity index (χ4n) is 2.15. The highest BCUT2D eigenvalue weighted by molar-refractivity contribution is 6.21. The van der Waals surface area contributed by atoms with Gasteiger partial charge >= 0.3 is 0 Å². The molecule has 0 heterocycles. The fourth-order valence-corrected chi connectivity index (χ4v) is 2.59. The zero-order valence-electron chi connectivity index (χ0n) is 10.7. The van der Waals surface area contributed by atoms with Crippen LogP contribution < -0.4 is 0 Å². The molecule has 0 aliphatic heterocycles. The molecule has 2 nitrogen and oxygen atoms in total. The van der Waals surface area contributed by atoms with E-state index >= 15 is 0 Å². The predicted octanol–water partition coefficient (Wildman–Crippen LogP) is 3.61. The van der Waals surface area contributed by atoms with E-state index in [1.807, 2.05) is 0 Å². The SMILES string of the molecule is CCCCC(CC)COC1CC(Cl)C1OC. The van der Waals surface area contributed by atoms with Crippen molar-refractivity contribution in [1.82, 2.24) is 0 Å². The predicted molar refractivity (Wildman–Crippen MR) is 68.1 cm³/mol. The summed E-state index contributed by atoms with van der Waals surface area (Å²) in [4.78, 5) is 0. The van der Waals surface area contributed by atoms with Crippen LogP contribution in [0.4, 0.5) is 0 Å². The van der Waals surface area contributed by atoms with Crippen molar-refractivity contribution < 1.29 is 9.47 Å². The van der Waals surface area contributed by atoms with Crippen molar-refractivity contribution in [2.24, 2.45) is 5.92 Å². The molecule has 1 aliphatic carbocycles. The van der Waals surface area contributed by atoms with Crippen LogP contribution in [0.25, 0.3) is 0 Å². The number of halogens is 1. The van der Waals surface area contributed by atoms with Gasteiger partial charge in [-0.1, -0.05) is 33.1 Å². The highest BCUT2D eigenvalue weighted by atomic mass is 35.5. The summed E-state index contributed by atoms with van der Waals surface area (Å²) in [5.74, 6) is 0.701. The highest BCUT2D eigenvalue weighted by Gasteiger charge is 2.41. The summed E-state index contributed by atoms with van der Waals surface area (Å²) in [6.45, 7) is 5.34. The van der Waals surface area contributed by atoms with E-state index in [9.17, 15) is 0 Å². The number of hydrogen-bond donors (Lipinski definition) is 0. The van der Waals surface area contributed by atoms with Gasteiger partial charge in [-0.3, -0.25) is 0 Å². The average molecular weight is 249 g/mol. The molecule has 0 saturated heterocycles. The van der Waals surface area contributed by atoms with Gasteiger partial charge in [0.2, 0.25) is 0 Å². The zero-order chi connectivity index (χ0) is 12.0. The van der Waals surface area contributed by atoms with Crippen LogP contribution in [0.15, 0.2) is 0 Å². The number of ether oxygens (including phenoxy) is 2. The Morgan fingerprint density at radius 1 is 1.38 bits per heavy atom. The first-order chi connectivity index (χ1) is 7.72. The molecule has 0 aromatic carbocycles. The third-order valence-electron chi connectivity index (χ3n) is 3.54. The standard InChI is InChI=1S/C13H25ClO2/c1-4-6-7-10(5-2)9-16-12-8-11(14)13(12)15-3/h10-13H,4-9H2,1-3H3. The van der Waals surface area contributed by atoms with Gasteiger partial charge in [-0.2, -0.15) is 0 Å². The summed E-state index contributed by atoms with van der Waals surface area (Å²) in [6.07, 6.45) is 6.32. The third kappa shape index (κ3) is 3.90. The molecule has 1 saturated carbocycles. The maximum absolute atomic E-state index is 6.04. The second kappa shape index (κ2) is 7.52. The summed E-state index contributed by atoms with van der Waals surface area (Å²) >= 11 is 6.04. The van der Waals surface area contributed by atoms with E-state index in [2.05, 4.69) is 13.8 Å². The molecule has 1 aliphatic rings. The number of alkyl halides is 1. The van der Waals surface area contributed by atoms with E-state index in [1.165, 1.54) is 25.7 Å². The normalized spacial score (nSPS) is 31.1. The largest absolute Gasteiger partial charge is 0.377 e. The summed E-state index contributed by atoms with van der Waals surface area (Å²) in [7, 11) is 1.71. The van der Waals surface area contributed by atoms with Crippen LogP contribution in [0.1, 0.15) is 46.0 Å². The Morgan fingerprint density at radius 2 is 2.12 bits per heavy atom. The molecule has 0 N–H and O–H groups in total. The maximum Gasteiger partial charge on any atom is 0.0997 e. The number of unbranched alkanes of at least 4 members (excludes halogenated alkanes) is 1.